The number of primary amides is 1. The number of nitrogens with two attached hydrogens (primary N) is 2. The van der Waals surface area contributed by atoms with E-state index in [4.69, 9.17) is 23.7 Å². The molecule has 1 aromatic carbocycles. The van der Waals surface area contributed by atoms with Gasteiger partial charge in [0.2, 0.25) is 5.91 Å². The van der Waals surface area contributed by atoms with Gasteiger partial charge in [-0.15, -0.1) is 0 Å². The van der Waals surface area contributed by atoms with E-state index in [-0.39, 0.29) is 12.5 Å². The molecule has 1 amide bonds. The lowest BCUT2D eigenvalue weighted by Crippen LogP contribution is -2.35. The van der Waals surface area contributed by atoms with Crippen LogP contribution in [-0.4, -0.2) is 28.9 Å². The van der Waals surface area contributed by atoms with Gasteiger partial charge in [0, 0.05) is 18.7 Å². The molecule has 0 spiro atoms. The third-order valence-corrected chi connectivity index (χ3v) is 2.88. The zero-order valence-electron chi connectivity index (χ0n) is 11.4. The first kappa shape index (κ1) is 15.6. The number of nitrogens with zero attached hydrogens (tertiary/aromatic N) is 1. The molecule has 0 heterocycles. The summed E-state index contributed by atoms with van der Waals surface area (Å²) in [4.78, 5) is 13.5. The molecule has 4 nitrogen and oxygen atoms in total. The molecule has 19 heavy (non-hydrogen) atoms. The van der Waals surface area contributed by atoms with Gasteiger partial charge in [-0.2, -0.15) is 0 Å². The Morgan fingerprint density at radius 2 is 1.84 bits per heavy atom. The molecule has 1 rings (SSSR count). The normalized spacial score (nSPS) is 10.9. The second kappa shape index (κ2) is 7.21. The summed E-state index contributed by atoms with van der Waals surface area (Å²) in [7, 11) is 0. The Balaban J connectivity index is 2.72. The topological polar surface area (TPSA) is 72.3 Å². The predicted molar refractivity (Wildman–Crippen MR) is 81.6 cm³/mol. The highest BCUT2D eigenvalue weighted by molar-refractivity contribution is 7.80. The van der Waals surface area contributed by atoms with E-state index in [1.54, 1.807) is 0 Å². The molecule has 5 heteroatoms. The fourth-order valence-corrected chi connectivity index (χ4v) is 2.09. The first-order chi connectivity index (χ1) is 8.88. The molecule has 0 aliphatic carbocycles. The van der Waals surface area contributed by atoms with Gasteiger partial charge in [-0.25, -0.2) is 0 Å². The van der Waals surface area contributed by atoms with E-state index in [9.17, 15) is 4.79 Å². The molecule has 0 radical (unpaired) electrons. The first-order valence-electron chi connectivity index (χ1n) is 6.28. The summed E-state index contributed by atoms with van der Waals surface area (Å²) < 4.78 is 0. The van der Waals surface area contributed by atoms with Crippen molar-refractivity contribution in [2.24, 2.45) is 17.4 Å². The number of carbonyl (C=O) groups is 1. The fourth-order valence-electron chi connectivity index (χ4n) is 1.95. The van der Waals surface area contributed by atoms with Crippen LogP contribution in [0.2, 0.25) is 0 Å². The number of benzene rings is 1. The zero-order chi connectivity index (χ0) is 14.4. The van der Waals surface area contributed by atoms with Gasteiger partial charge in [0.05, 0.1) is 6.54 Å². The first-order valence-corrected chi connectivity index (χ1v) is 6.68. The number of carbonyl (C=O) groups excluding carboxylic acids is 1. The van der Waals surface area contributed by atoms with E-state index in [2.05, 4.69) is 13.8 Å². The zero-order valence-corrected chi connectivity index (χ0v) is 12.2. The summed E-state index contributed by atoms with van der Waals surface area (Å²) in [5.74, 6) is 0.177. The molecule has 0 saturated carbocycles. The molecule has 104 valence electrons. The Morgan fingerprint density at radius 1 is 1.26 bits per heavy atom. The third-order valence-electron chi connectivity index (χ3n) is 2.65. The second-order valence-corrected chi connectivity index (χ2v) is 5.53. The SMILES string of the molecule is CC(C)CN(CC(N)=O)Cc1ccc(C(N)=S)cc1. The lowest BCUT2D eigenvalue weighted by molar-refractivity contribution is -0.119. The van der Waals surface area contributed by atoms with Gasteiger partial charge in [0.25, 0.3) is 0 Å². The molecule has 1 aromatic rings. The molecule has 0 aliphatic heterocycles. The van der Waals surface area contributed by atoms with E-state index in [1.165, 1.54) is 0 Å². The second-order valence-electron chi connectivity index (χ2n) is 5.09. The van der Waals surface area contributed by atoms with E-state index >= 15 is 0 Å². The molecule has 0 atom stereocenters. The molecule has 0 saturated heterocycles. The summed E-state index contributed by atoms with van der Waals surface area (Å²) in [5.41, 5.74) is 12.8. The van der Waals surface area contributed by atoms with Gasteiger partial charge in [-0.3, -0.25) is 9.69 Å². The molecule has 0 unspecified atom stereocenters. The maximum atomic E-state index is 11.1. The Hall–Kier alpha value is -1.46. The monoisotopic (exact) mass is 279 g/mol. The average Bonchev–Trinajstić information content (AvgIpc) is 2.27. The number of amides is 1. The fraction of sp³-hybridized carbons (Fsp3) is 0.429. The quantitative estimate of drug-likeness (QED) is 0.737. The Kier molecular flexibility index (Phi) is 5.92. The maximum absolute atomic E-state index is 11.1. The van der Waals surface area contributed by atoms with Crippen molar-refractivity contribution in [1.82, 2.24) is 4.90 Å². The Bertz CT molecular complexity index is 443. The van der Waals surface area contributed by atoms with Crippen molar-refractivity contribution in [2.75, 3.05) is 13.1 Å². The maximum Gasteiger partial charge on any atom is 0.231 e. The van der Waals surface area contributed by atoms with Crippen LogP contribution in [0.5, 0.6) is 0 Å². The van der Waals surface area contributed by atoms with Crippen LogP contribution in [0.1, 0.15) is 25.0 Å². The van der Waals surface area contributed by atoms with Crippen LogP contribution in [0.4, 0.5) is 0 Å². The summed E-state index contributed by atoms with van der Waals surface area (Å²) in [6.07, 6.45) is 0. The van der Waals surface area contributed by atoms with Crippen LogP contribution in [0.25, 0.3) is 0 Å². The highest BCUT2D eigenvalue weighted by Gasteiger charge is 2.11. The van der Waals surface area contributed by atoms with E-state index in [0.29, 0.717) is 17.5 Å². The average molecular weight is 279 g/mol. The van der Waals surface area contributed by atoms with Crippen LogP contribution in [0.15, 0.2) is 24.3 Å². The summed E-state index contributed by atoms with van der Waals surface area (Å²) >= 11 is 4.91. The van der Waals surface area contributed by atoms with Crippen molar-refractivity contribution in [3.8, 4) is 0 Å². The van der Waals surface area contributed by atoms with Crippen molar-refractivity contribution >= 4 is 23.1 Å². The van der Waals surface area contributed by atoms with Gasteiger partial charge < -0.3 is 11.5 Å². The lowest BCUT2D eigenvalue weighted by Gasteiger charge is -2.22. The Morgan fingerprint density at radius 3 is 2.26 bits per heavy atom. The van der Waals surface area contributed by atoms with Crippen LogP contribution in [0.3, 0.4) is 0 Å². The van der Waals surface area contributed by atoms with Gasteiger partial charge >= 0.3 is 0 Å². The third kappa shape index (κ3) is 5.81. The van der Waals surface area contributed by atoms with Crippen molar-refractivity contribution in [3.05, 3.63) is 35.4 Å². The number of rotatable bonds is 7. The van der Waals surface area contributed by atoms with Crippen molar-refractivity contribution in [2.45, 2.75) is 20.4 Å². The minimum Gasteiger partial charge on any atom is -0.389 e. The standard InChI is InChI=1S/C14H21N3OS/c1-10(2)7-17(9-13(15)18)8-11-3-5-12(6-4-11)14(16)19/h3-6,10H,7-9H2,1-2H3,(H2,15,18)(H2,16,19). The van der Waals surface area contributed by atoms with Gasteiger partial charge in [0.15, 0.2) is 0 Å². The van der Waals surface area contributed by atoms with Gasteiger partial charge in [-0.05, 0) is 11.5 Å². The van der Waals surface area contributed by atoms with Crippen LogP contribution in [-0.2, 0) is 11.3 Å². The van der Waals surface area contributed by atoms with E-state index < -0.39 is 0 Å². The van der Waals surface area contributed by atoms with Crippen LogP contribution >= 0.6 is 12.2 Å². The van der Waals surface area contributed by atoms with Gasteiger partial charge in [-0.1, -0.05) is 50.3 Å². The number of hydrogen-bond donors (Lipinski definition) is 2. The number of thiocarbonyl (C=S) groups is 1. The molecule has 4 N–H and O–H groups in total. The van der Waals surface area contributed by atoms with Crippen molar-refractivity contribution in [3.63, 3.8) is 0 Å². The summed E-state index contributed by atoms with van der Waals surface area (Å²) in [5, 5.41) is 0. The molecular formula is C14H21N3OS. The molecular weight excluding hydrogens is 258 g/mol. The van der Waals surface area contributed by atoms with Crippen LogP contribution in [0, 0.1) is 5.92 Å². The molecule has 0 aliphatic rings. The lowest BCUT2D eigenvalue weighted by atomic mass is 10.1. The minimum absolute atomic E-state index is 0.273. The Labute approximate surface area is 119 Å². The highest BCUT2D eigenvalue weighted by atomic mass is 32.1. The van der Waals surface area contributed by atoms with Crippen LogP contribution < -0.4 is 11.5 Å². The summed E-state index contributed by atoms with van der Waals surface area (Å²) in [6.45, 7) is 6.03. The molecule has 0 aromatic heterocycles. The van der Waals surface area contributed by atoms with E-state index in [1.807, 2.05) is 29.2 Å². The molecule has 0 fully saturated rings. The predicted octanol–water partition coefficient (Wildman–Crippen LogP) is 1.26. The summed E-state index contributed by atoms with van der Waals surface area (Å²) in [6, 6.07) is 7.75. The highest BCUT2D eigenvalue weighted by Crippen LogP contribution is 2.09. The van der Waals surface area contributed by atoms with E-state index in [0.717, 1.165) is 17.7 Å². The van der Waals surface area contributed by atoms with Gasteiger partial charge in [0.1, 0.15) is 4.99 Å². The van der Waals surface area contributed by atoms with Crippen molar-refractivity contribution in [1.29, 1.82) is 0 Å². The molecule has 0 bridgehead atoms. The smallest absolute Gasteiger partial charge is 0.231 e. The minimum atomic E-state index is -0.305. The largest absolute Gasteiger partial charge is 0.389 e. The van der Waals surface area contributed by atoms with Crippen molar-refractivity contribution < 1.29 is 4.79 Å². The number of hydrogen-bond acceptors (Lipinski definition) is 3.